The maximum absolute atomic E-state index is 11.4. The van der Waals surface area contributed by atoms with Gasteiger partial charge in [0.2, 0.25) is 0 Å². The van der Waals surface area contributed by atoms with Crippen LogP contribution in [0.3, 0.4) is 0 Å². The largest absolute Gasteiger partial charge is 0.508 e. The molecule has 2 aromatic rings. The number of aromatic hydroxyl groups is 1. The van der Waals surface area contributed by atoms with Crippen LogP contribution in [0, 0.1) is 40.4 Å². The summed E-state index contributed by atoms with van der Waals surface area (Å²) in [6.07, 6.45) is 11.2. The number of thiazole rings is 1. The van der Waals surface area contributed by atoms with Crippen molar-refractivity contribution in [3.05, 3.63) is 40.9 Å². The van der Waals surface area contributed by atoms with Gasteiger partial charge in [-0.1, -0.05) is 38.2 Å². The van der Waals surface area contributed by atoms with Crippen LogP contribution in [-0.2, 0) is 16.0 Å². The fourth-order valence-corrected chi connectivity index (χ4v) is 10.1. The van der Waals surface area contributed by atoms with E-state index in [2.05, 4.69) is 32.2 Å². The number of nitrogens with one attached hydrogen (secondary N) is 1. The monoisotopic (exact) mass is 520 g/mol. The van der Waals surface area contributed by atoms with Gasteiger partial charge in [0.25, 0.3) is 0 Å². The number of fused-ring (bicyclic) bond motifs is 7. The Bertz CT molecular complexity index is 1220. The van der Waals surface area contributed by atoms with E-state index in [-0.39, 0.29) is 17.1 Å². The molecule has 0 unspecified atom stereocenters. The number of nitrogens with zero attached hydrogens (tertiary/aromatic N) is 1. The van der Waals surface area contributed by atoms with Gasteiger partial charge in [0.05, 0.1) is 17.2 Å². The van der Waals surface area contributed by atoms with Crippen molar-refractivity contribution < 1.29 is 14.6 Å². The molecule has 2 fully saturated rings. The van der Waals surface area contributed by atoms with Gasteiger partial charge in [0.1, 0.15) is 5.75 Å². The van der Waals surface area contributed by atoms with E-state index in [0.29, 0.717) is 23.9 Å². The van der Waals surface area contributed by atoms with Crippen LogP contribution in [0.4, 0.5) is 10.8 Å². The number of aromatic nitrogens is 1. The van der Waals surface area contributed by atoms with Crippen molar-refractivity contribution in [2.75, 3.05) is 11.9 Å². The average Bonchev–Trinajstić information content (AvgIpc) is 3.44. The highest BCUT2D eigenvalue weighted by molar-refractivity contribution is 7.16. The molecule has 1 heterocycles. The fourth-order valence-electron chi connectivity index (χ4n) is 8.94. The molecule has 0 radical (unpaired) electrons. The van der Waals surface area contributed by atoms with Crippen molar-refractivity contribution in [1.29, 1.82) is 0 Å². The molecule has 6 heteroatoms. The number of phenols is 1. The topological polar surface area (TPSA) is 71.5 Å². The molecule has 0 spiro atoms. The van der Waals surface area contributed by atoms with E-state index in [4.69, 9.17) is 9.72 Å². The Kier molecular flexibility index (Phi) is 6.17. The third-order valence-electron chi connectivity index (χ3n) is 10.7. The summed E-state index contributed by atoms with van der Waals surface area (Å²) in [7, 11) is 0. The SMILES string of the molecule is CC(=O)OC[C@@H](C)[C@H]1CC[C@H]2[C@@H]3CC=C4c5sc(Nc6ccc(O)cc6)nc5CC[C@]4(C)[C@H]3CC[C@]12C. The van der Waals surface area contributed by atoms with Crippen molar-refractivity contribution in [3.63, 3.8) is 0 Å². The molecule has 6 rings (SSSR count). The van der Waals surface area contributed by atoms with Crippen molar-refractivity contribution in [2.24, 2.45) is 40.4 Å². The molecular weight excluding hydrogens is 480 g/mol. The van der Waals surface area contributed by atoms with E-state index in [0.717, 1.165) is 35.0 Å². The standard InChI is InChI=1S/C31H40N2O3S/c1-18(17-36-19(2)34)23-11-12-24-22-9-10-26-28-27(14-16-31(26,4)25(22)13-15-30(23,24)3)33-29(37-28)32-20-5-7-21(35)8-6-20/h5-8,10,18,22-25,35H,9,11-17H2,1-4H3,(H,32,33)/t18-,22+,23-,24+,25+,30-,31-/m1/s1. The number of anilines is 2. The average molecular weight is 521 g/mol. The highest BCUT2D eigenvalue weighted by Gasteiger charge is 2.59. The smallest absolute Gasteiger partial charge is 0.302 e. The summed E-state index contributed by atoms with van der Waals surface area (Å²) in [4.78, 5) is 17.8. The molecule has 5 nitrogen and oxygen atoms in total. The summed E-state index contributed by atoms with van der Waals surface area (Å²) < 4.78 is 5.44. The first kappa shape index (κ1) is 25.0. The molecule has 2 N–H and O–H groups in total. The van der Waals surface area contributed by atoms with Gasteiger partial charge in [-0.15, -0.1) is 0 Å². The zero-order valence-electron chi connectivity index (χ0n) is 22.5. The highest BCUT2D eigenvalue weighted by atomic mass is 32.1. The number of aryl methyl sites for hydroxylation is 1. The van der Waals surface area contributed by atoms with Gasteiger partial charge in [-0.3, -0.25) is 4.79 Å². The number of hydrogen-bond acceptors (Lipinski definition) is 6. The minimum atomic E-state index is -0.158. The van der Waals surface area contributed by atoms with Crippen LogP contribution in [0.25, 0.3) is 5.57 Å². The van der Waals surface area contributed by atoms with Crippen molar-refractivity contribution in [1.82, 2.24) is 4.98 Å². The number of carbonyl (C=O) groups excluding carboxylic acids is 1. The van der Waals surface area contributed by atoms with Crippen LogP contribution < -0.4 is 5.32 Å². The van der Waals surface area contributed by atoms with Crippen molar-refractivity contribution in [3.8, 4) is 5.75 Å². The number of phenolic OH excluding ortho intramolecular Hbond substituents is 1. The minimum absolute atomic E-state index is 0.158. The Balaban J connectivity index is 1.24. The summed E-state index contributed by atoms with van der Waals surface area (Å²) in [5.74, 6) is 3.44. The molecule has 0 amide bonds. The molecule has 2 saturated carbocycles. The fraction of sp³-hybridized carbons (Fsp3) is 0.613. The molecule has 198 valence electrons. The predicted molar refractivity (Wildman–Crippen MR) is 149 cm³/mol. The summed E-state index contributed by atoms with van der Waals surface area (Å²) in [5, 5.41) is 14.0. The number of ether oxygens (including phenoxy) is 1. The number of allylic oxidation sites excluding steroid dienone is 2. The zero-order chi connectivity index (χ0) is 25.9. The van der Waals surface area contributed by atoms with Crippen molar-refractivity contribution in [2.45, 2.75) is 72.6 Å². The molecule has 4 aliphatic rings. The first-order valence-corrected chi connectivity index (χ1v) is 14.9. The molecule has 0 saturated heterocycles. The lowest BCUT2D eigenvalue weighted by molar-refractivity contribution is -0.143. The van der Waals surface area contributed by atoms with Gasteiger partial charge in [-0.2, -0.15) is 0 Å². The summed E-state index contributed by atoms with van der Waals surface area (Å²) in [5.41, 5.74) is 4.33. The number of benzene rings is 1. The number of esters is 1. The maximum atomic E-state index is 11.4. The molecule has 37 heavy (non-hydrogen) atoms. The summed E-state index contributed by atoms with van der Waals surface area (Å²) in [6, 6.07) is 7.20. The lowest BCUT2D eigenvalue weighted by Crippen LogP contribution is -2.50. The van der Waals surface area contributed by atoms with Crippen LogP contribution in [0.2, 0.25) is 0 Å². The minimum Gasteiger partial charge on any atom is -0.508 e. The second kappa shape index (κ2) is 9.14. The van der Waals surface area contributed by atoms with Crippen molar-refractivity contribution >= 4 is 33.7 Å². The lowest BCUT2D eigenvalue weighted by atomic mass is 9.47. The Morgan fingerprint density at radius 3 is 2.73 bits per heavy atom. The molecule has 0 aliphatic heterocycles. The zero-order valence-corrected chi connectivity index (χ0v) is 23.4. The van der Waals surface area contributed by atoms with Gasteiger partial charge in [-0.05, 0) is 115 Å². The highest BCUT2D eigenvalue weighted by Crippen LogP contribution is 2.68. The molecule has 0 bridgehead atoms. The maximum Gasteiger partial charge on any atom is 0.302 e. The predicted octanol–water partition coefficient (Wildman–Crippen LogP) is 7.59. The molecule has 7 atom stereocenters. The third kappa shape index (κ3) is 4.10. The van der Waals surface area contributed by atoms with E-state index < -0.39 is 0 Å². The Labute approximate surface area is 224 Å². The summed E-state index contributed by atoms with van der Waals surface area (Å²) in [6.45, 7) is 9.48. The number of rotatable bonds is 5. The second-order valence-electron chi connectivity index (χ2n) is 12.6. The Morgan fingerprint density at radius 1 is 1.19 bits per heavy atom. The molecular formula is C31H40N2O3S. The van der Waals surface area contributed by atoms with E-state index in [1.165, 1.54) is 56.0 Å². The Hall–Kier alpha value is -2.34. The Morgan fingerprint density at radius 2 is 1.97 bits per heavy atom. The van der Waals surface area contributed by atoms with Gasteiger partial charge >= 0.3 is 5.97 Å². The molecule has 1 aromatic carbocycles. The number of carbonyl (C=O) groups is 1. The van der Waals surface area contributed by atoms with E-state index in [1.54, 1.807) is 29.0 Å². The van der Waals surface area contributed by atoms with Gasteiger partial charge in [0, 0.05) is 12.6 Å². The van der Waals surface area contributed by atoms with E-state index in [1.807, 2.05) is 12.1 Å². The quantitative estimate of drug-likeness (QED) is 0.314. The van der Waals surface area contributed by atoms with E-state index in [9.17, 15) is 9.90 Å². The van der Waals surface area contributed by atoms with Crippen LogP contribution in [0.15, 0.2) is 30.3 Å². The lowest BCUT2D eigenvalue weighted by Gasteiger charge is -2.57. The molecule has 4 aliphatic carbocycles. The van der Waals surface area contributed by atoms with Crippen LogP contribution in [-0.4, -0.2) is 22.7 Å². The van der Waals surface area contributed by atoms with Crippen LogP contribution in [0.5, 0.6) is 5.75 Å². The van der Waals surface area contributed by atoms with E-state index >= 15 is 0 Å². The first-order valence-electron chi connectivity index (χ1n) is 14.1. The summed E-state index contributed by atoms with van der Waals surface area (Å²) >= 11 is 1.79. The number of hydrogen-bond donors (Lipinski definition) is 2. The first-order chi connectivity index (χ1) is 17.7. The second-order valence-corrected chi connectivity index (χ2v) is 13.6. The third-order valence-corrected chi connectivity index (χ3v) is 11.8. The van der Waals surface area contributed by atoms with Crippen LogP contribution >= 0.6 is 11.3 Å². The van der Waals surface area contributed by atoms with Gasteiger partial charge < -0.3 is 15.2 Å². The molecule has 1 aromatic heterocycles. The van der Waals surface area contributed by atoms with Gasteiger partial charge in [-0.25, -0.2) is 4.98 Å². The normalized spacial score (nSPS) is 34.9. The van der Waals surface area contributed by atoms with Gasteiger partial charge in [0.15, 0.2) is 5.13 Å². The van der Waals surface area contributed by atoms with Crippen LogP contribution in [0.1, 0.15) is 76.8 Å².